The fraction of sp³-hybridized carbons (Fsp3) is 0.229. The number of fused-ring (bicyclic) bond motifs is 1. The molecule has 7 rings (SSSR count). The second-order valence-corrected chi connectivity index (χ2v) is 11.1. The number of aromatic nitrogens is 4. The Hall–Kier alpha value is -5.47. The number of anilines is 2. The Balaban J connectivity index is 0.00000197. The molecule has 246 valence electrons. The zero-order chi connectivity index (χ0) is 34.0. The molecule has 0 saturated carbocycles. The summed E-state index contributed by atoms with van der Waals surface area (Å²) < 4.78 is 6.47. The van der Waals surface area contributed by atoms with Crippen molar-refractivity contribution in [2.24, 2.45) is 0 Å². The highest BCUT2D eigenvalue weighted by atomic mass is 16.9. The highest BCUT2D eigenvalue weighted by molar-refractivity contribution is 5.84. The minimum Gasteiger partial charge on any atom is -0.410 e. The van der Waals surface area contributed by atoms with E-state index in [2.05, 4.69) is 14.6 Å². The number of hydrogen-bond acceptors (Lipinski definition) is 12. The van der Waals surface area contributed by atoms with Crippen LogP contribution in [0.25, 0.3) is 39.5 Å². The van der Waals surface area contributed by atoms with Crippen molar-refractivity contribution in [3.8, 4) is 34.1 Å². The smallest absolute Gasteiger partial charge is 0.410 e. The van der Waals surface area contributed by atoms with Gasteiger partial charge in [0.1, 0.15) is 17.0 Å². The van der Waals surface area contributed by atoms with Crippen LogP contribution in [-0.2, 0) is 6.54 Å². The van der Waals surface area contributed by atoms with E-state index in [0.29, 0.717) is 55.6 Å². The van der Waals surface area contributed by atoms with Crippen LogP contribution in [0.3, 0.4) is 0 Å². The van der Waals surface area contributed by atoms with Gasteiger partial charge in [-0.15, -0.1) is 0 Å². The molecule has 1 aliphatic heterocycles. The quantitative estimate of drug-likeness (QED) is 0.140. The van der Waals surface area contributed by atoms with Gasteiger partial charge in [0.15, 0.2) is 11.5 Å². The molecule has 0 unspecified atom stereocenters. The summed E-state index contributed by atoms with van der Waals surface area (Å²) in [6, 6.07) is 25.7. The van der Waals surface area contributed by atoms with Crippen LogP contribution >= 0.6 is 0 Å². The fourth-order valence-electron chi connectivity index (χ4n) is 5.77. The molecule has 0 spiro atoms. The largest absolute Gasteiger partial charge is 0.453 e. The zero-order valence-electron chi connectivity index (χ0n) is 26.4. The SMILES string of the molecule is CC.Nc1ncccc1-c1nc2ccc(-c3ccccc3)nc2n1-c1ccc(CN2CCN(c3c(OC(O)(O)O)c(=O)c3=O)CC2)cc1. The standard InChI is InChI=1S/C33H29N7O6.C2H6/c34-30-23(7-4-14-35-30)31-37-25-13-12-24(21-5-2-1-3-6-21)36-32(25)40(31)22-10-8-20(9-11-22)19-38-15-17-39(18-16-38)26-27(41)28(42)29(26)46-33(43,44)45;1-2/h1-14,43-45H,15-19H2,(H2,34,35);1-2H3. The predicted octanol–water partition coefficient (Wildman–Crippen LogP) is 2.64. The number of pyridine rings is 2. The maximum atomic E-state index is 12.2. The number of nitrogens with zero attached hydrogens (tertiary/aromatic N) is 6. The van der Waals surface area contributed by atoms with E-state index in [9.17, 15) is 9.59 Å². The van der Waals surface area contributed by atoms with Gasteiger partial charge < -0.3 is 30.7 Å². The Morgan fingerprint density at radius 3 is 2.21 bits per heavy atom. The molecule has 4 heterocycles. The molecule has 0 amide bonds. The first-order valence-corrected chi connectivity index (χ1v) is 15.6. The molecule has 3 aromatic carbocycles. The Kier molecular flexibility index (Phi) is 9.02. The lowest BCUT2D eigenvalue weighted by molar-refractivity contribution is -0.419. The van der Waals surface area contributed by atoms with Crippen LogP contribution in [0, 0.1) is 0 Å². The molecule has 13 heteroatoms. The van der Waals surface area contributed by atoms with Crippen LogP contribution in [0.5, 0.6) is 5.75 Å². The second-order valence-electron chi connectivity index (χ2n) is 11.1. The number of hydrogen-bond donors (Lipinski definition) is 4. The monoisotopic (exact) mass is 649 g/mol. The predicted molar refractivity (Wildman–Crippen MR) is 182 cm³/mol. The third-order valence-corrected chi connectivity index (χ3v) is 8.02. The van der Waals surface area contributed by atoms with E-state index in [1.165, 1.54) is 0 Å². The molecule has 3 aromatic heterocycles. The summed E-state index contributed by atoms with van der Waals surface area (Å²) in [6.45, 7) is 6.60. The minimum absolute atomic E-state index is 0.0582. The van der Waals surface area contributed by atoms with Crippen molar-refractivity contribution >= 4 is 22.7 Å². The molecule has 1 aliphatic rings. The minimum atomic E-state index is -3.54. The molecule has 6 aromatic rings. The number of nitrogens with two attached hydrogens (primary N) is 1. The molecular formula is C35H35N7O6. The summed E-state index contributed by atoms with van der Waals surface area (Å²) in [5, 5.41) is 27.3. The maximum Gasteiger partial charge on any atom is 0.453 e. The Morgan fingerprint density at radius 2 is 1.54 bits per heavy atom. The van der Waals surface area contributed by atoms with E-state index >= 15 is 0 Å². The third-order valence-electron chi connectivity index (χ3n) is 8.02. The van der Waals surface area contributed by atoms with E-state index in [-0.39, 0.29) is 5.69 Å². The maximum absolute atomic E-state index is 12.2. The van der Waals surface area contributed by atoms with Crippen LogP contribution in [-0.4, -0.2) is 72.1 Å². The second kappa shape index (κ2) is 13.3. The first-order chi connectivity index (χ1) is 23.2. The molecule has 13 nitrogen and oxygen atoms in total. The van der Waals surface area contributed by atoms with Crippen LogP contribution in [0.15, 0.2) is 94.6 Å². The Bertz CT molecular complexity index is 2110. The molecule has 48 heavy (non-hydrogen) atoms. The van der Waals surface area contributed by atoms with Gasteiger partial charge in [-0.2, -0.15) is 0 Å². The lowest BCUT2D eigenvalue weighted by atomic mass is 10.1. The van der Waals surface area contributed by atoms with Crippen molar-refractivity contribution in [2.45, 2.75) is 26.6 Å². The number of rotatable bonds is 8. The summed E-state index contributed by atoms with van der Waals surface area (Å²) in [7, 11) is 0. The number of aliphatic hydroxyl groups is 3. The van der Waals surface area contributed by atoms with Crippen molar-refractivity contribution in [2.75, 3.05) is 36.8 Å². The summed E-state index contributed by atoms with van der Waals surface area (Å²) in [5.74, 6) is 0.444. The number of imidazole rings is 1. The molecule has 0 atom stereocenters. The molecule has 1 saturated heterocycles. The zero-order valence-corrected chi connectivity index (χ0v) is 26.4. The Labute approximate surface area is 275 Å². The van der Waals surface area contributed by atoms with E-state index in [4.69, 9.17) is 31.0 Å². The van der Waals surface area contributed by atoms with Crippen LogP contribution in [0.2, 0.25) is 0 Å². The van der Waals surface area contributed by atoms with E-state index in [1.807, 2.05) is 97.3 Å². The lowest BCUT2D eigenvalue weighted by Gasteiger charge is -2.37. The van der Waals surface area contributed by atoms with Crippen LogP contribution < -0.4 is 26.2 Å². The number of benzene rings is 2. The fourth-order valence-corrected chi connectivity index (χ4v) is 5.77. The van der Waals surface area contributed by atoms with Gasteiger partial charge in [0, 0.05) is 50.2 Å². The summed E-state index contributed by atoms with van der Waals surface area (Å²) in [5.41, 5.74) is 10.3. The molecule has 0 aliphatic carbocycles. The van der Waals surface area contributed by atoms with Gasteiger partial charge >= 0.3 is 6.16 Å². The van der Waals surface area contributed by atoms with Gasteiger partial charge in [-0.1, -0.05) is 56.3 Å². The van der Waals surface area contributed by atoms with Gasteiger partial charge in [0.2, 0.25) is 5.75 Å². The van der Waals surface area contributed by atoms with Crippen molar-refractivity contribution in [3.63, 3.8) is 0 Å². The molecule has 1 fully saturated rings. The number of nitrogen functional groups attached to an aromatic ring is 1. The van der Waals surface area contributed by atoms with Gasteiger partial charge in [-0.3, -0.25) is 19.1 Å². The first-order valence-electron chi connectivity index (χ1n) is 15.6. The summed E-state index contributed by atoms with van der Waals surface area (Å²) >= 11 is 0. The first kappa shape index (κ1) is 32.5. The van der Waals surface area contributed by atoms with Gasteiger partial charge in [0.05, 0.1) is 11.3 Å². The lowest BCUT2D eigenvalue weighted by Crippen LogP contribution is -2.52. The van der Waals surface area contributed by atoms with Crippen molar-refractivity contribution in [1.82, 2.24) is 24.4 Å². The van der Waals surface area contributed by atoms with E-state index in [1.54, 1.807) is 11.1 Å². The highest BCUT2D eigenvalue weighted by Crippen LogP contribution is 2.32. The molecule has 0 bridgehead atoms. The third kappa shape index (κ3) is 6.39. The molecule has 5 N–H and O–H groups in total. The number of piperazine rings is 1. The van der Waals surface area contributed by atoms with Gasteiger partial charge in [0.25, 0.3) is 10.9 Å². The average Bonchev–Trinajstić information content (AvgIpc) is 3.48. The highest BCUT2D eigenvalue weighted by Gasteiger charge is 2.35. The Morgan fingerprint density at radius 1 is 0.833 bits per heavy atom. The topological polar surface area (TPSA) is 180 Å². The van der Waals surface area contributed by atoms with Crippen LogP contribution in [0.4, 0.5) is 11.5 Å². The van der Waals surface area contributed by atoms with Gasteiger partial charge in [-0.25, -0.2) is 15.0 Å². The molecule has 0 radical (unpaired) electrons. The van der Waals surface area contributed by atoms with Crippen molar-refractivity contribution < 1.29 is 20.1 Å². The molecular weight excluding hydrogens is 614 g/mol. The van der Waals surface area contributed by atoms with E-state index in [0.717, 1.165) is 28.0 Å². The van der Waals surface area contributed by atoms with Crippen LogP contribution in [0.1, 0.15) is 19.4 Å². The summed E-state index contributed by atoms with van der Waals surface area (Å²) in [6.07, 6.45) is -1.90. The van der Waals surface area contributed by atoms with Crippen molar-refractivity contribution in [3.05, 3.63) is 111 Å². The van der Waals surface area contributed by atoms with Crippen molar-refractivity contribution in [1.29, 1.82) is 0 Å². The summed E-state index contributed by atoms with van der Waals surface area (Å²) in [4.78, 5) is 42.1. The van der Waals surface area contributed by atoms with Gasteiger partial charge in [-0.05, 0) is 42.0 Å². The van der Waals surface area contributed by atoms with E-state index < -0.39 is 22.8 Å². The average molecular weight is 650 g/mol. The number of ether oxygens (including phenoxy) is 1. The normalized spacial score (nSPS) is 13.8.